The van der Waals surface area contributed by atoms with Gasteiger partial charge in [0.05, 0.1) is 5.25 Å². The van der Waals surface area contributed by atoms with Gasteiger partial charge in [0.1, 0.15) is 11.6 Å². The molecule has 2 heterocycles. The van der Waals surface area contributed by atoms with E-state index in [-0.39, 0.29) is 5.25 Å². The van der Waals surface area contributed by atoms with Crippen LogP contribution in [0.5, 0.6) is 0 Å². The summed E-state index contributed by atoms with van der Waals surface area (Å²) in [7, 11) is 0. The van der Waals surface area contributed by atoms with Crippen LogP contribution in [0, 0.1) is 0 Å². The summed E-state index contributed by atoms with van der Waals surface area (Å²) in [6.45, 7) is 0. The van der Waals surface area contributed by atoms with Crippen molar-refractivity contribution in [3.63, 3.8) is 0 Å². The molecule has 0 bridgehead atoms. The fourth-order valence-corrected chi connectivity index (χ4v) is 3.17. The Morgan fingerprint density at radius 2 is 2.44 bits per heavy atom. The Hall–Kier alpha value is -1.03. The molecule has 1 aromatic heterocycles. The quantitative estimate of drug-likeness (QED) is 0.872. The van der Waals surface area contributed by atoms with Crippen LogP contribution in [0.25, 0.3) is 0 Å². The molecule has 2 rings (SSSR count). The molecule has 1 atom stereocenters. The summed E-state index contributed by atoms with van der Waals surface area (Å²) >= 11 is 1.80. The van der Waals surface area contributed by atoms with Gasteiger partial charge in [0.15, 0.2) is 0 Å². The molecule has 1 aliphatic rings. The third-order valence-corrected chi connectivity index (χ3v) is 4.19. The average Bonchev–Trinajstić information content (AvgIpc) is 2.30. The molecule has 0 aliphatic carbocycles. The van der Waals surface area contributed by atoms with Crippen LogP contribution in [0.3, 0.4) is 0 Å². The number of Topliss-reactive ketones (excluding diaryl/α,β-unsaturated/α-hetero) is 1. The third-order valence-electron chi connectivity index (χ3n) is 2.76. The van der Waals surface area contributed by atoms with Gasteiger partial charge >= 0.3 is 0 Å². The molecule has 0 amide bonds. The van der Waals surface area contributed by atoms with Gasteiger partial charge in [-0.2, -0.15) is 11.8 Å². The van der Waals surface area contributed by atoms with E-state index in [4.69, 9.17) is 5.73 Å². The smallest absolute Gasteiger partial charge is 0.150 e. The van der Waals surface area contributed by atoms with Crippen LogP contribution in [0.4, 0.5) is 5.82 Å². The van der Waals surface area contributed by atoms with Gasteiger partial charge in [-0.1, -0.05) is 6.42 Å². The minimum absolute atomic E-state index is 0.197. The first-order chi connectivity index (χ1) is 7.75. The Morgan fingerprint density at radius 1 is 1.56 bits per heavy atom. The maximum atomic E-state index is 12.0. The van der Waals surface area contributed by atoms with Gasteiger partial charge in [0.25, 0.3) is 0 Å². The van der Waals surface area contributed by atoms with Crippen LogP contribution >= 0.6 is 11.8 Å². The molecule has 0 aromatic carbocycles. The number of nitrogens with two attached hydrogens (primary N) is 1. The van der Waals surface area contributed by atoms with Crippen molar-refractivity contribution < 1.29 is 4.79 Å². The number of nitrogens with zero attached hydrogens (tertiary/aromatic N) is 1. The molecule has 86 valence electrons. The first-order valence-corrected chi connectivity index (χ1v) is 6.65. The normalized spacial score (nSPS) is 20.6. The average molecular weight is 236 g/mol. The Morgan fingerprint density at radius 3 is 3.12 bits per heavy atom. The second-order valence-corrected chi connectivity index (χ2v) is 5.40. The van der Waals surface area contributed by atoms with Crippen molar-refractivity contribution in [2.24, 2.45) is 0 Å². The van der Waals surface area contributed by atoms with E-state index in [0.717, 1.165) is 17.7 Å². The SMILES string of the molecule is Nc1cc(CC(=O)C2CCCCS2)ccn1. The zero-order valence-corrected chi connectivity index (χ0v) is 10.0. The summed E-state index contributed by atoms with van der Waals surface area (Å²) in [4.78, 5) is 15.9. The fourth-order valence-electron chi connectivity index (χ4n) is 1.91. The van der Waals surface area contributed by atoms with Gasteiger partial charge in [-0.15, -0.1) is 0 Å². The second kappa shape index (κ2) is 5.34. The highest BCUT2D eigenvalue weighted by molar-refractivity contribution is 8.00. The Bertz CT molecular complexity index is 375. The van der Waals surface area contributed by atoms with Crippen LogP contribution in [0.1, 0.15) is 24.8 Å². The number of nitrogen functional groups attached to an aromatic ring is 1. The summed E-state index contributed by atoms with van der Waals surface area (Å²) in [5.74, 6) is 1.94. The van der Waals surface area contributed by atoms with Crippen LogP contribution in [-0.2, 0) is 11.2 Å². The lowest BCUT2D eigenvalue weighted by Gasteiger charge is -2.19. The molecule has 1 aromatic rings. The lowest BCUT2D eigenvalue weighted by Crippen LogP contribution is -2.22. The summed E-state index contributed by atoms with van der Waals surface area (Å²) < 4.78 is 0. The van der Waals surface area contributed by atoms with Gasteiger partial charge in [0, 0.05) is 12.6 Å². The number of pyridine rings is 1. The number of ketones is 1. The Balaban J connectivity index is 1.96. The number of carbonyl (C=O) groups is 1. The van der Waals surface area contributed by atoms with Gasteiger partial charge < -0.3 is 5.73 Å². The summed E-state index contributed by atoms with van der Waals surface area (Å²) in [6, 6.07) is 3.65. The van der Waals surface area contributed by atoms with E-state index in [1.165, 1.54) is 12.8 Å². The molecule has 4 heteroatoms. The fraction of sp³-hybridized carbons (Fsp3) is 0.500. The van der Waals surface area contributed by atoms with E-state index < -0.39 is 0 Å². The molecule has 0 radical (unpaired) electrons. The van der Waals surface area contributed by atoms with E-state index >= 15 is 0 Å². The predicted octanol–water partition coefficient (Wildman–Crippen LogP) is 2.06. The number of thioether (sulfide) groups is 1. The molecule has 0 spiro atoms. The van der Waals surface area contributed by atoms with Crippen molar-refractivity contribution in [1.29, 1.82) is 0 Å². The summed E-state index contributed by atoms with van der Waals surface area (Å²) in [6.07, 6.45) is 5.61. The van der Waals surface area contributed by atoms with E-state index in [1.807, 2.05) is 6.07 Å². The topological polar surface area (TPSA) is 56.0 Å². The Kier molecular flexibility index (Phi) is 3.83. The monoisotopic (exact) mass is 236 g/mol. The van der Waals surface area contributed by atoms with Gasteiger partial charge in [-0.3, -0.25) is 4.79 Å². The lowest BCUT2D eigenvalue weighted by molar-refractivity contribution is -0.118. The van der Waals surface area contributed by atoms with Gasteiger partial charge in [-0.25, -0.2) is 4.98 Å². The summed E-state index contributed by atoms with van der Waals surface area (Å²) in [5.41, 5.74) is 6.56. The van der Waals surface area contributed by atoms with Crippen molar-refractivity contribution in [1.82, 2.24) is 4.98 Å². The molecule has 16 heavy (non-hydrogen) atoms. The maximum Gasteiger partial charge on any atom is 0.150 e. The van der Waals surface area contributed by atoms with E-state index in [1.54, 1.807) is 24.0 Å². The van der Waals surface area contributed by atoms with Crippen molar-refractivity contribution in [2.45, 2.75) is 30.9 Å². The number of rotatable bonds is 3. The third kappa shape index (κ3) is 2.98. The zero-order valence-electron chi connectivity index (χ0n) is 9.19. The molecule has 1 saturated heterocycles. The second-order valence-electron chi connectivity index (χ2n) is 4.09. The van der Waals surface area contributed by atoms with Crippen molar-refractivity contribution in [3.8, 4) is 0 Å². The number of aromatic nitrogens is 1. The van der Waals surface area contributed by atoms with E-state index in [2.05, 4.69) is 4.98 Å². The first-order valence-electron chi connectivity index (χ1n) is 5.60. The van der Waals surface area contributed by atoms with E-state index in [9.17, 15) is 4.79 Å². The van der Waals surface area contributed by atoms with Crippen molar-refractivity contribution in [3.05, 3.63) is 23.9 Å². The van der Waals surface area contributed by atoms with Crippen LogP contribution in [0.2, 0.25) is 0 Å². The standard InChI is InChI=1S/C12H16N2OS/c13-12-8-9(4-5-14-12)7-10(15)11-3-1-2-6-16-11/h4-5,8,11H,1-3,6-7H2,(H2,13,14). The number of anilines is 1. The number of hydrogen-bond donors (Lipinski definition) is 1. The van der Waals surface area contributed by atoms with Crippen molar-refractivity contribution >= 4 is 23.4 Å². The molecule has 3 nitrogen and oxygen atoms in total. The minimum Gasteiger partial charge on any atom is -0.384 e. The molecule has 0 saturated carbocycles. The zero-order chi connectivity index (χ0) is 11.4. The molecule has 1 aliphatic heterocycles. The largest absolute Gasteiger partial charge is 0.384 e. The minimum atomic E-state index is 0.197. The van der Waals surface area contributed by atoms with Crippen LogP contribution in [-0.4, -0.2) is 21.8 Å². The van der Waals surface area contributed by atoms with E-state index in [0.29, 0.717) is 18.0 Å². The first kappa shape index (κ1) is 11.5. The highest BCUT2D eigenvalue weighted by Crippen LogP contribution is 2.26. The Labute approximate surface area is 99.8 Å². The highest BCUT2D eigenvalue weighted by atomic mass is 32.2. The maximum absolute atomic E-state index is 12.0. The molecule has 1 fully saturated rings. The van der Waals surface area contributed by atoms with Crippen LogP contribution in [0.15, 0.2) is 18.3 Å². The number of hydrogen-bond acceptors (Lipinski definition) is 4. The lowest BCUT2D eigenvalue weighted by atomic mass is 10.0. The van der Waals surface area contributed by atoms with Gasteiger partial charge in [0.2, 0.25) is 0 Å². The number of carbonyl (C=O) groups excluding carboxylic acids is 1. The molecule has 2 N–H and O–H groups in total. The summed E-state index contributed by atoms with van der Waals surface area (Å²) in [5, 5.41) is 0.197. The molecular weight excluding hydrogens is 220 g/mol. The van der Waals surface area contributed by atoms with Crippen molar-refractivity contribution in [2.75, 3.05) is 11.5 Å². The molecular formula is C12H16N2OS. The van der Waals surface area contributed by atoms with Crippen LogP contribution < -0.4 is 5.73 Å². The van der Waals surface area contributed by atoms with Gasteiger partial charge in [-0.05, 0) is 36.3 Å². The predicted molar refractivity (Wildman–Crippen MR) is 67.5 cm³/mol. The highest BCUT2D eigenvalue weighted by Gasteiger charge is 2.21. The molecule has 1 unspecified atom stereocenters.